The highest BCUT2D eigenvalue weighted by Gasteiger charge is 2.24. The fraction of sp³-hybridized carbons (Fsp3) is 0.333. The maximum Gasteiger partial charge on any atom is 0.261 e. The Morgan fingerprint density at radius 1 is 1.17 bits per heavy atom. The molecule has 0 radical (unpaired) electrons. The van der Waals surface area contributed by atoms with Crippen molar-refractivity contribution < 1.29 is 9.53 Å². The number of carbonyl (C=O) groups is 1. The molecule has 1 aromatic heterocycles. The normalized spacial score (nSPS) is 10.9. The second-order valence-electron chi connectivity index (χ2n) is 6.77. The summed E-state index contributed by atoms with van der Waals surface area (Å²) >= 11 is 13.9. The third-order valence-corrected chi connectivity index (χ3v) is 5.90. The summed E-state index contributed by atoms with van der Waals surface area (Å²) in [6.07, 6.45) is 0.797. The Morgan fingerprint density at radius 3 is 2.63 bits per heavy atom. The number of hydrogen-bond acceptors (Lipinski definition) is 5. The summed E-state index contributed by atoms with van der Waals surface area (Å²) in [4.78, 5) is 21.9. The number of aromatic nitrogens is 1. The van der Waals surface area contributed by atoms with Gasteiger partial charge in [-0.1, -0.05) is 40.6 Å². The van der Waals surface area contributed by atoms with Gasteiger partial charge in [0.2, 0.25) is 0 Å². The average molecular weight is 489 g/mol. The van der Waals surface area contributed by atoms with Crippen LogP contribution in [-0.4, -0.2) is 49.6 Å². The molecule has 5 nitrogen and oxygen atoms in total. The first-order chi connectivity index (χ1) is 13.9. The van der Waals surface area contributed by atoms with Crippen LogP contribution < -0.4 is 9.64 Å². The lowest BCUT2D eigenvalue weighted by molar-refractivity contribution is 0.0986. The molecule has 0 atom stereocenters. The van der Waals surface area contributed by atoms with Crippen LogP contribution in [0.25, 0.3) is 10.2 Å². The number of fused-ring (bicyclic) bond motifs is 1. The van der Waals surface area contributed by atoms with Crippen LogP contribution in [0.1, 0.15) is 23.7 Å². The van der Waals surface area contributed by atoms with Crippen molar-refractivity contribution in [1.82, 2.24) is 9.88 Å². The van der Waals surface area contributed by atoms with E-state index in [1.54, 1.807) is 23.1 Å². The van der Waals surface area contributed by atoms with Gasteiger partial charge in [-0.3, -0.25) is 9.69 Å². The Hall–Kier alpha value is -1.57. The van der Waals surface area contributed by atoms with E-state index in [9.17, 15) is 4.79 Å². The summed E-state index contributed by atoms with van der Waals surface area (Å²) < 4.78 is 6.67. The van der Waals surface area contributed by atoms with E-state index in [2.05, 4.69) is 4.90 Å². The summed E-state index contributed by atoms with van der Waals surface area (Å²) in [5, 5.41) is 1.45. The number of halogens is 3. The largest absolute Gasteiger partial charge is 0.492 e. The Bertz CT molecular complexity index is 1010. The SMILES string of the molecule is CCOc1cccc2sc(N(CCCN(C)C)C(=O)c3cc(Cl)ccc3Cl)nc12.Cl. The predicted octanol–water partition coefficient (Wildman–Crippen LogP) is 6.02. The number of hydrogen-bond donors (Lipinski definition) is 0. The summed E-state index contributed by atoms with van der Waals surface area (Å²) in [6, 6.07) is 10.7. The summed E-state index contributed by atoms with van der Waals surface area (Å²) in [7, 11) is 4.01. The summed E-state index contributed by atoms with van der Waals surface area (Å²) in [6.45, 7) is 3.85. The highest BCUT2D eigenvalue weighted by molar-refractivity contribution is 7.22. The van der Waals surface area contributed by atoms with Gasteiger partial charge in [-0.15, -0.1) is 12.4 Å². The van der Waals surface area contributed by atoms with Crippen LogP contribution in [-0.2, 0) is 0 Å². The van der Waals surface area contributed by atoms with Crippen molar-refractivity contribution in [2.24, 2.45) is 0 Å². The first-order valence-electron chi connectivity index (χ1n) is 9.34. The molecule has 0 aliphatic rings. The molecule has 0 aliphatic carbocycles. The molecule has 2 aromatic carbocycles. The molecule has 0 N–H and O–H groups in total. The molecule has 162 valence electrons. The number of benzene rings is 2. The molecule has 0 saturated carbocycles. The van der Waals surface area contributed by atoms with Crippen molar-refractivity contribution >= 4 is 68.2 Å². The van der Waals surface area contributed by atoms with Gasteiger partial charge >= 0.3 is 0 Å². The van der Waals surface area contributed by atoms with Gasteiger partial charge in [0, 0.05) is 11.6 Å². The molecule has 0 saturated heterocycles. The number of thiazole rings is 1. The van der Waals surface area contributed by atoms with Gasteiger partial charge in [0.1, 0.15) is 11.3 Å². The van der Waals surface area contributed by atoms with E-state index in [0.29, 0.717) is 39.6 Å². The van der Waals surface area contributed by atoms with Gasteiger partial charge in [0.15, 0.2) is 5.13 Å². The number of amides is 1. The molecule has 30 heavy (non-hydrogen) atoms. The zero-order valence-electron chi connectivity index (χ0n) is 17.0. The minimum absolute atomic E-state index is 0. The maximum absolute atomic E-state index is 13.4. The molecule has 3 aromatic rings. The molecule has 1 amide bonds. The standard InChI is InChI=1S/C21H23Cl2N3O2S.ClH/c1-4-28-17-7-5-8-18-19(17)24-21(29-18)26(12-6-11-25(2)3)20(27)15-13-14(22)9-10-16(15)23;/h5,7-10,13H,4,6,11-12H2,1-3H3;1H. The molecule has 0 fully saturated rings. The molecule has 0 aliphatic heterocycles. The molecular weight excluding hydrogens is 465 g/mol. The Morgan fingerprint density at radius 2 is 1.93 bits per heavy atom. The molecule has 0 spiro atoms. The van der Waals surface area contributed by atoms with Crippen molar-refractivity contribution in [2.45, 2.75) is 13.3 Å². The molecule has 0 bridgehead atoms. The van der Waals surface area contributed by atoms with E-state index in [4.69, 9.17) is 32.9 Å². The monoisotopic (exact) mass is 487 g/mol. The lowest BCUT2D eigenvalue weighted by atomic mass is 10.2. The lowest BCUT2D eigenvalue weighted by Gasteiger charge is -2.21. The van der Waals surface area contributed by atoms with Gasteiger partial charge < -0.3 is 9.64 Å². The summed E-state index contributed by atoms with van der Waals surface area (Å²) in [5.41, 5.74) is 1.13. The second kappa shape index (κ2) is 11.2. The quantitative estimate of drug-likeness (QED) is 0.389. The second-order valence-corrected chi connectivity index (χ2v) is 8.62. The van der Waals surface area contributed by atoms with Crippen LogP contribution in [0.15, 0.2) is 36.4 Å². The van der Waals surface area contributed by atoms with Crippen LogP contribution in [0.3, 0.4) is 0 Å². The number of nitrogens with zero attached hydrogens (tertiary/aromatic N) is 3. The Labute approximate surface area is 197 Å². The predicted molar refractivity (Wildman–Crippen MR) is 129 cm³/mol. The van der Waals surface area contributed by atoms with Crippen molar-refractivity contribution in [3.8, 4) is 5.75 Å². The smallest absolute Gasteiger partial charge is 0.261 e. The minimum Gasteiger partial charge on any atom is -0.492 e. The van der Waals surface area contributed by atoms with Crippen molar-refractivity contribution in [3.63, 3.8) is 0 Å². The highest BCUT2D eigenvalue weighted by atomic mass is 35.5. The van der Waals surface area contributed by atoms with Gasteiger partial charge in [-0.2, -0.15) is 0 Å². The van der Waals surface area contributed by atoms with Crippen molar-refractivity contribution in [1.29, 1.82) is 0 Å². The first-order valence-corrected chi connectivity index (χ1v) is 10.9. The molecule has 1 heterocycles. The zero-order chi connectivity index (χ0) is 21.0. The van der Waals surface area contributed by atoms with E-state index in [1.165, 1.54) is 11.3 Å². The van der Waals surface area contributed by atoms with E-state index < -0.39 is 0 Å². The third-order valence-electron chi connectivity index (χ3n) is 4.29. The fourth-order valence-corrected chi connectivity index (χ4v) is 4.31. The van der Waals surface area contributed by atoms with Crippen LogP contribution in [0.2, 0.25) is 10.0 Å². The van der Waals surface area contributed by atoms with Crippen molar-refractivity contribution in [3.05, 3.63) is 52.0 Å². The van der Waals surface area contributed by atoms with E-state index >= 15 is 0 Å². The molecular formula is C21H24Cl3N3O2S. The van der Waals surface area contributed by atoms with Crippen LogP contribution in [0.5, 0.6) is 5.75 Å². The maximum atomic E-state index is 13.4. The van der Waals surface area contributed by atoms with Crippen LogP contribution in [0, 0.1) is 0 Å². The van der Waals surface area contributed by atoms with Gasteiger partial charge in [0.25, 0.3) is 5.91 Å². The zero-order valence-corrected chi connectivity index (χ0v) is 20.2. The molecule has 0 unspecified atom stereocenters. The van der Waals surface area contributed by atoms with Gasteiger partial charge in [-0.25, -0.2) is 4.98 Å². The van der Waals surface area contributed by atoms with E-state index in [0.717, 1.165) is 23.2 Å². The van der Waals surface area contributed by atoms with Gasteiger partial charge in [-0.05, 0) is 64.3 Å². The number of carbonyl (C=O) groups excluding carboxylic acids is 1. The molecule has 9 heteroatoms. The Balaban J connectivity index is 0.00000320. The topological polar surface area (TPSA) is 45.7 Å². The first kappa shape index (κ1) is 24.7. The third kappa shape index (κ3) is 5.77. The Kier molecular flexibility index (Phi) is 9.19. The van der Waals surface area contributed by atoms with Gasteiger partial charge in [0.05, 0.1) is 21.9 Å². The number of rotatable bonds is 8. The fourth-order valence-electron chi connectivity index (χ4n) is 2.93. The average Bonchev–Trinajstić information content (AvgIpc) is 3.11. The van der Waals surface area contributed by atoms with Crippen molar-refractivity contribution in [2.75, 3.05) is 38.7 Å². The van der Waals surface area contributed by atoms with Crippen LogP contribution >= 0.6 is 46.9 Å². The van der Waals surface area contributed by atoms with E-state index in [1.807, 2.05) is 39.2 Å². The lowest BCUT2D eigenvalue weighted by Crippen LogP contribution is -2.33. The molecule has 3 rings (SSSR count). The minimum atomic E-state index is -0.215. The van der Waals surface area contributed by atoms with Crippen LogP contribution in [0.4, 0.5) is 5.13 Å². The number of anilines is 1. The number of ether oxygens (including phenoxy) is 1. The summed E-state index contributed by atoms with van der Waals surface area (Å²) in [5.74, 6) is 0.502. The highest BCUT2D eigenvalue weighted by Crippen LogP contribution is 2.35. The number of para-hydroxylation sites is 1. The van der Waals surface area contributed by atoms with E-state index in [-0.39, 0.29) is 18.3 Å².